The third-order valence-corrected chi connectivity index (χ3v) is 6.94. The first-order valence-corrected chi connectivity index (χ1v) is 9.92. The summed E-state index contributed by atoms with van der Waals surface area (Å²) in [5.41, 5.74) is 1.76. The second-order valence-electron chi connectivity index (χ2n) is 5.86. The fourth-order valence-corrected chi connectivity index (χ4v) is 5.28. The lowest BCUT2D eigenvalue weighted by molar-refractivity contribution is -0.138. The van der Waals surface area contributed by atoms with Gasteiger partial charge in [0.05, 0.1) is 0 Å². The lowest BCUT2D eigenvalue weighted by Crippen LogP contribution is -2.42. The van der Waals surface area contributed by atoms with Crippen molar-refractivity contribution in [1.29, 1.82) is 0 Å². The van der Waals surface area contributed by atoms with E-state index in [0.717, 1.165) is 32.7 Å². The first kappa shape index (κ1) is 17.7. The number of aliphatic carboxylic acids is 1. The van der Waals surface area contributed by atoms with Gasteiger partial charge in [0.1, 0.15) is 10.3 Å². The third kappa shape index (κ3) is 3.60. The normalized spacial score (nSPS) is 13.2. The molecule has 8 heteroatoms. The van der Waals surface area contributed by atoms with Crippen LogP contribution in [0.1, 0.15) is 10.4 Å². The first-order valence-electron chi connectivity index (χ1n) is 7.62. The minimum absolute atomic E-state index is 0.0697. The summed E-state index contributed by atoms with van der Waals surface area (Å²) < 4.78 is 29.2. The number of aryl methyl sites for hydroxylation is 2. The van der Waals surface area contributed by atoms with Crippen molar-refractivity contribution >= 4 is 38.2 Å². The zero-order valence-electron chi connectivity index (χ0n) is 13.8. The van der Waals surface area contributed by atoms with Gasteiger partial charge in [-0.1, -0.05) is 18.2 Å². The Kier molecular flexibility index (Phi) is 4.68. The second-order valence-corrected chi connectivity index (χ2v) is 9.09. The predicted octanol–water partition coefficient (Wildman–Crippen LogP) is 2.52. The molecule has 1 aromatic carbocycles. The number of hydrogen-bond acceptors (Lipinski definition) is 4. The highest BCUT2D eigenvalue weighted by atomic mass is 32.2. The average molecular weight is 378 g/mol. The molecule has 0 saturated heterocycles. The molecule has 132 valence electrons. The molecule has 3 rings (SSSR count). The summed E-state index contributed by atoms with van der Waals surface area (Å²) in [6, 6.07) is 9.56. The summed E-state index contributed by atoms with van der Waals surface area (Å²) in [5, 5.41) is 10.4. The topological polar surface area (TPSA) is 88.4 Å². The summed E-state index contributed by atoms with van der Waals surface area (Å²) in [6.07, 6.45) is 1.91. The Balaban J connectivity index is 1.90. The molecule has 0 saturated carbocycles. The molecule has 0 amide bonds. The number of carboxylic acids is 1. The first-order chi connectivity index (χ1) is 11.8. The van der Waals surface area contributed by atoms with Crippen LogP contribution < -0.4 is 4.72 Å². The molecule has 2 heterocycles. The van der Waals surface area contributed by atoms with E-state index in [1.54, 1.807) is 13.0 Å². The largest absolute Gasteiger partial charge is 0.480 e. The Hall–Kier alpha value is -2.16. The number of rotatable bonds is 6. The lowest BCUT2D eigenvalue weighted by atomic mass is 10.1. The lowest BCUT2D eigenvalue weighted by Gasteiger charge is -2.13. The zero-order chi connectivity index (χ0) is 18.2. The molecule has 2 N–H and O–H groups in total. The molecule has 0 bridgehead atoms. The Bertz CT molecular complexity index is 1030. The quantitative estimate of drug-likeness (QED) is 0.690. The van der Waals surface area contributed by atoms with Crippen LogP contribution in [0.4, 0.5) is 0 Å². The van der Waals surface area contributed by atoms with Crippen LogP contribution in [-0.4, -0.2) is 30.1 Å². The highest BCUT2D eigenvalue weighted by Gasteiger charge is 2.27. The van der Waals surface area contributed by atoms with Crippen molar-refractivity contribution in [2.75, 3.05) is 0 Å². The molecule has 0 aliphatic carbocycles. The van der Waals surface area contributed by atoms with E-state index in [4.69, 9.17) is 0 Å². The summed E-state index contributed by atoms with van der Waals surface area (Å²) >= 11 is 1.11. The number of para-hydroxylation sites is 1. The van der Waals surface area contributed by atoms with Crippen LogP contribution >= 0.6 is 11.3 Å². The molecule has 0 spiro atoms. The van der Waals surface area contributed by atoms with E-state index >= 15 is 0 Å². The molecular weight excluding hydrogens is 360 g/mol. The van der Waals surface area contributed by atoms with Gasteiger partial charge in [0.25, 0.3) is 10.0 Å². The number of aromatic nitrogens is 1. The van der Waals surface area contributed by atoms with Crippen molar-refractivity contribution in [3.8, 4) is 0 Å². The SMILES string of the molecule is Cc1ccc(S(=O)(=O)NC(Cc2cn(C)c3ccccc23)C(=O)O)s1. The molecule has 25 heavy (non-hydrogen) atoms. The smallest absolute Gasteiger partial charge is 0.322 e. The summed E-state index contributed by atoms with van der Waals surface area (Å²) in [6.45, 7) is 1.80. The third-order valence-electron chi connectivity index (χ3n) is 3.98. The second kappa shape index (κ2) is 6.62. The zero-order valence-corrected chi connectivity index (χ0v) is 15.4. The molecule has 2 aromatic heterocycles. The minimum atomic E-state index is -3.87. The summed E-state index contributed by atoms with van der Waals surface area (Å²) in [5.74, 6) is -1.20. The molecule has 0 aliphatic heterocycles. The maximum Gasteiger partial charge on any atom is 0.322 e. The van der Waals surface area contributed by atoms with Crippen LogP contribution in [-0.2, 0) is 28.3 Å². The van der Waals surface area contributed by atoms with E-state index in [-0.39, 0.29) is 10.6 Å². The van der Waals surface area contributed by atoms with Gasteiger partial charge in [0, 0.05) is 35.4 Å². The number of carbonyl (C=O) groups is 1. The molecule has 0 fully saturated rings. The number of sulfonamides is 1. The summed E-state index contributed by atoms with van der Waals surface area (Å²) in [4.78, 5) is 12.5. The van der Waals surface area contributed by atoms with Gasteiger partial charge in [-0.15, -0.1) is 11.3 Å². The maximum atomic E-state index is 12.5. The Labute approximate surface area is 149 Å². The van der Waals surface area contributed by atoms with Crippen LogP contribution in [0.3, 0.4) is 0 Å². The van der Waals surface area contributed by atoms with E-state index in [9.17, 15) is 18.3 Å². The number of carboxylic acid groups (broad SMARTS) is 1. The van der Waals surface area contributed by atoms with Crippen molar-refractivity contribution in [3.63, 3.8) is 0 Å². The van der Waals surface area contributed by atoms with Gasteiger partial charge in [0.15, 0.2) is 0 Å². The highest BCUT2D eigenvalue weighted by molar-refractivity contribution is 7.91. The van der Waals surface area contributed by atoms with Crippen molar-refractivity contribution in [2.24, 2.45) is 7.05 Å². The van der Waals surface area contributed by atoms with E-state index in [0.29, 0.717) is 0 Å². The number of fused-ring (bicyclic) bond motifs is 1. The number of thiophene rings is 1. The fraction of sp³-hybridized carbons (Fsp3) is 0.235. The Morgan fingerprint density at radius 1 is 1.28 bits per heavy atom. The standard InChI is InChI=1S/C17H18N2O4S2/c1-11-7-8-16(24-11)25(22,23)18-14(17(20)21)9-12-10-19(2)15-6-4-3-5-13(12)15/h3-8,10,14,18H,9H2,1-2H3,(H,20,21). The van der Waals surface area contributed by atoms with Gasteiger partial charge < -0.3 is 9.67 Å². The number of nitrogens with one attached hydrogen (secondary N) is 1. The van der Waals surface area contributed by atoms with Crippen molar-refractivity contribution < 1.29 is 18.3 Å². The van der Waals surface area contributed by atoms with Gasteiger partial charge in [-0.2, -0.15) is 4.72 Å². The molecule has 0 aliphatic rings. The van der Waals surface area contributed by atoms with Crippen LogP contribution in [0.5, 0.6) is 0 Å². The molecule has 0 radical (unpaired) electrons. The van der Waals surface area contributed by atoms with Gasteiger partial charge >= 0.3 is 5.97 Å². The van der Waals surface area contributed by atoms with E-state index in [1.165, 1.54) is 6.07 Å². The van der Waals surface area contributed by atoms with Crippen LogP contribution in [0.25, 0.3) is 10.9 Å². The molecule has 1 atom stereocenters. The Morgan fingerprint density at radius 2 is 2.00 bits per heavy atom. The predicted molar refractivity (Wildman–Crippen MR) is 97.4 cm³/mol. The molecule has 6 nitrogen and oxygen atoms in total. The van der Waals surface area contributed by atoms with Crippen molar-refractivity contribution in [3.05, 3.63) is 53.0 Å². The molecular formula is C17H18N2O4S2. The van der Waals surface area contributed by atoms with Gasteiger partial charge in [0.2, 0.25) is 0 Å². The maximum absolute atomic E-state index is 12.5. The fourth-order valence-electron chi connectivity index (χ4n) is 2.79. The number of benzene rings is 1. The molecule has 3 aromatic rings. The van der Waals surface area contributed by atoms with Gasteiger partial charge in [-0.05, 0) is 30.7 Å². The van der Waals surface area contributed by atoms with E-state index < -0.39 is 22.0 Å². The van der Waals surface area contributed by atoms with E-state index in [2.05, 4.69) is 4.72 Å². The minimum Gasteiger partial charge on any atom is -0.480 e. The van der Waals surface area contributed by atoms with Crippen molar-refractivity contribution in [1.82, 2.24) is 9.29 Å². The summed E-state index contributed by atoms with van der Waals surface area (Å²) in [7, 11) is -1.99. The van der Waals surface area contributed by atoms with Crippen LogP contribution in [0, 0.1) is 6.92 Å². The molecule has 1 unspecified atom stereocenters. The number of hydrogen-bond donors (Lipinski definition) is 2. The van der Waals surface area contributed by atoms with Crippen molar-refractivity contribution in [2.45, 2.75) is 23.6 Å². The van der Waals surface area contributed by atoms with Gasteiger partial charge in [-0.3, -0.25) is 4.79 Å². The van der Waals surface area contributed by atoms with E-state index in [1.807, 2.05) is 42.1 Å². The average Bonchev–Trinajstić information content (AvgIpc) is 3.12. The van der Waals surface area contributed by atoms with Gasteiger partial charge in [-0.25, -0.2) is 8.42 Å². The highest BCUT2D eigenvalue weighted by Crippen LogP contribution is 2.24. The number of nitrogens with zero attached hydrogens (tertiary/aromatic N) is 1. The monoisotopic (exact) mass is 378 g/mol. The van der Waals surface area contributed by atoms with Crippen LogP contribution in [0.15, 0.2) is 46.8 Å². The Morgan fingerprint density at radius 3 is 2.64 bits per heavy atom. The van der Waals surface area contributed by atoms with Crippen LogP contribution in [0.2, 0.25) is 0 Å².